The Balaban J connectivity index is 2.13. The second kappa shape index (κ2) is 6.70. The Bertz CT molecular complexity index is 597. The number of rotatable bonds is 6. The van der Waals surface area contributed by atoms with Gasteiger partial charge in [0.05, 0.1) is 5.25 Å². The Hall–Kier alpha value is -1.90. The number of nitrogen functional groups attached to an aromatic ring is 1. The Morgan fingerprint density at radius 2 is 2.00 bits per heavy atom. The molecule has 114 valence electrons. The molecular formula is C12H20N8S. The van der Waals surface area contributed by atoms with E-state index in [4.69, 9.17) is 5.73 Å². The molecule has 0 radical (unpaired) electrons. The number of aryl methyl sites for hydroxylation is 1. The summed E-state index contributed by atoms with van der Waals surface area (Å²) in [5.74, 6) is 2.29. The number of nitrogens with one attached hydrogen (secondary N) is 1. The summed E-state index contributed by atoms with van der Waals surface area (Å²) in [5.41, 5.74) is 5.74. The monoisotopic (exact) mass is 308 g/mol. The van der Waals surface area contributed by atoms with Gasteiger partial charge in [0.1, 0.15) is 11.6 Å². The molecule has 0 aliphatic heterocycles. The normalized spacial score (nSPS) is 12.4. The van der Waals surface area contributed by atoms with E-state index in [2.05, 4.69) is 37.1 Å². The predicted molar refractivity (Wildman–Crippen MR) is 83.2 cm³/mol. The van der Waals surface area contributed by atoms with Crippen LogP contribution < -0.4 is 10.6 Å². The number of aromatic amines is 1. The van der Waals surface area contributed by atoms with Crippen molar-refractivity contribution in [1.82, 2.24) is 30.1 Å². The zero-order chi connectivity index (χ0) is 15.4. The quantitative estimate of drug-likeness (QED) is 0.771. The van der Waals surface area contributed by atoms with Gasteiger partial charge < -0.3 is 10.6 Å². The first-order chi connectivity index (χ1) is 9.99. The predicted octanol–water partition coefficient (Wildman–Crippen LogP) is 1.44. The molecule has 2 rings (SSSR count). The molecule has 2 heterocycles. The van der Waals surface area contributed by atoms with Gasteiger partial charge in [-0.3, -0.25) is 5.10 Å². The number of aromatic nitrogens is 6. The molecule has 8 nitrogen and oxygen atoms in total. The summed E-state index contributed by atoms with van der Waals surface area (Å²) in [6.07, 6.45) is 1.93. The molecule has 9 heteroatoms. The number of H-pyrrole nitrogens is 1. The van der Waals surface area contributed by atoms with Gasteiger partial charge >= 0.3 is 0 Å². The van der Waals surface area contributed by atoms with Gasteiger partial charge in [-0.1, -0.05) is 18.7 Å². The van der Waals surface area contributed by atoms with E-state index in [1.807, 2.05) is 21.0 Å². The average Bonchev–Trinajstić information content (AvgIpc) is 2.85. The first-order valence-electron chi connectivity index (χ1n) is 6.76. The zero-order valence-electron chi connectivity index (χ0n) is 12.7. The maximum atomic E-state index is 5.74. The first kappa shape index (κ1) is 15.5. The molecule has 0 amide bonds. The van der Waals surface area contributed by atoms with Crippen LogP contribution in [0.25, 0.3) is 0 Å². The molecule has 3 N–H and O–H groups in total. The van der Waals surface area contributed by atoms with Gasteiger partial charge in [0, 0.05) is 20.5 Å². The largest absolute Gasteiger partial charge is 0.368 e. The molecule has 2 aromatic rings. The maximum absolute atomic E-state index is 5.74. The van der Waals surface area contributed by atoms with Crippen LogP contribution in [0.1, 0.15) is 37.2 Å². The van der Waals surface area contributed by atoms with Crippen molar-refractivity contribution in [3.8, 4) is 0 Å². The SMILES string of the molecule is CCCc1nc(SC(C)c2nc(N)nc(N(C)C)n2)n[nH]1. The Morgan fingerprint density at radius 3 is 2.67 bits per heavy atom. The summed E-state index contributed by atoms with van der Waals surface area (Å²) in [4.78, 5) is 18.9. The van der Waals surface area contributed by atoms with Crippen LogP contribution in [0.4, 0.5) is 11.9 Å². The van der Waals surface area contributed by atoms with Crippen LogP contribution in [0.3, 0.4) is 0 Å². The van der Waals surface area contributed by atoms with E-state index in [1.54, 1.807) is 4.90 Å². The van der Waals surface area contributed by atoms with Crippen LogP contribution in [0.2, 0.25) is 0 Å². The smallest absolute Gasteiger partial charge is 0.229 e. The maximum Gasteiger partial charge on any atom is 0.229 e. The number of hydrogen-bond donors (Lipinski definition) is 2. The number of thioether (sulfide) groups is 1. The summed E-state index contributed by atoms with van der Waals surface area (Å²) < 4.78 is 0. The van der Waals surface area contributed by atoms with Gasteiger partial charge in [-0.25, -0.2) is 4.98 Å². The lowest BCUT2D eigenvalue weighted by atomic mass is 10.3. The van der Waals surface area contributed by atoms with Crippen molar-refractivity contribution in [2.75, 3.05) is 24.7 Å². The van der Waals surface area contributed by atoms with Gasteiger partial charge in [0.15, 0.2) is 0 Å². The van der Waals surface area contributed by atoms with Gasteiger partial charge in [-0.05, 0) is 13.3 Å². The van der Waals surface area contributed by atoms with E-state index >= 15 is 0 Å². The second-order valence-electron chi connectivity index (χ2n) is 4.82. The number of hydrogen-bond acceptors (Lipinski definition) is 8. The number of nitrogens with zero attached hydrogens (tertiary/aromatic N) is 6. The van der Waals surface area contributed by atoms with Crippen LogP contribution in [-0.2, 0) is 6.42 Å². The minimum Gasteiger partial charge on any atom is -0.368 e. The van der Waals surface area contributed by atoms with E-state index in [0.29, 0.717) is 16.9 Å². The van der Waals surface area contributed by atoms with E-state index in [9.17, 15) is 0 Å². The van der Waals surface area contributed by atoms with Crippen molar-refractivity contribution in [3.05, 3.63) is 11.6 Å². The standard InChI is InChI=1S/C12H20N8S/c1-5-6-8-14-12(19-18-8)21-7(2)9-15-10(13)17-11(16-9)20(3)4/h7H,5-6H2,1-4H3,(H,14,18,19)(H2,13,15,16,17). The minimum absolute atomic E-state index is 0.0146. The van der Waals surface area contributed by atoms with Gasteiger partial charge in [0.25, 0.3) is 0 Å². The molecule has 0 aromatic carbocycles. The van der Waals surface area contributed by atoms with E-state index < -0.39 is 0 Å². The highest BCUT2D eigenvalue weighted by molar-refractivity contribution is 7.99. The van der Waals surface area contributed by atoms with Crippen molar-refractivity contribution in [2.24, 2.45) is 0 Å². The van der Waals surface area contributed by atoms with E-state index in [1.165, 1.54) is 11.8 Å². The van der Waals surface area contributed by atoms with Gasteiger partial charge in [0.2, 0.25) is 17.1 Å². The van der Waals surface area contributed by atoms with Crippen molar-refractivity contribution in [2.45, 2.75) is 37.1 Å². The Morgan fingerprint density at radius 1 is 1.24 bits per heavy atom. The summed E-state index contributed by atoms with van der Waals surface area (Å²) in [5, 5.41) is 7.81. The molecule has 0 aliphatic carbocycles. The lowest BCUT2D eigenvalue weighted by Crippen LogP contribution is -2.16. The van der Waals surface area contributed by atoms with Crippen LogP contribution in [0.15, 0.2) is 5.16 Å². The molecular weight excluding hydrogens is 288 g/mol. The van der Waals surface area contributed by atoms with Crippen molar-refractivity contribution in [3.63, 3.8) is 0 Å². The highest BCUT2D eigenvalue weighted by Crippen LogP contribution is 2.31. The lowest BCUT2D eigenvalue weighted by Gasteiger charge is -2.13. The van der Waals surface area contributed by atoms with E-state index in [0.717, 1.165) is 18.7 Å². The number of nitrogens with two attached hydrogens (primary N) is 1. The van der Waals surface area contributed by atoms with Crippen LogP contribution >= 0.6 is 11.8 Å². The molecule has 0 saturated heterocycles. The highest BCUT2D eigenvalue weighted by Gasteiger charge is 2.16. The van der Waals surface area contributed by atoms with Crippen molar-refractivity contribution in [1.29, 1.82) is 0 Å². The Kier molecular flexibility index (Phi) is 4.94. The zero-order valence-corrected chi connectivity index (χ0v) is 13.5. The summed E-state index contributed by atoms with van der Waals surface area (Å²) in [6, 6.07) is 0. The molecule has 0 spiro atoms. The third kappa shape index (κ3) is 4.03. The van der Waals surface area contributed by atoms with Crippen molar-refractivity contribution < 1.29 is 0 Å². The fourth-order valence-corrected chi connectivity index (χ4v) is 2.46. The number of anilines is 2. The molecule has 21 heavy (non-hydrogen) atoms. The lowest BCUT2D eigenvalue weighted by molar-refractivity contribution is 0.840. The Labute approximate surface area is 128 Å². The van der Waals surface area contributed by atoms with Gasteiger partial charge in [-0.2, -0.15) is 15.0 Å². The highest BCUT2D eigenvalue weighted by atomic mass is 32.2. The fourth-order valence-electron chi connectivity index (χ4n) is 1.67. The average molecular weight is 308 g/mol. The molecule has 1 unspecified atom stereocenters. The molecule has 0 fully saturated rings. The van der Waals surface area contributed by atoms with Crippen LogP contribution in [-0.4, -0.2) is 44.2 Å². The minimum atomic E-state index is -0.0146. The second-order valence-corrected chi connectivity index (χ2v) is 6.13. The molecule has 0 bridgehead atoms. The molecule has 0 saturated carbocycles. The van der Waals surface area contributed by atoms with E-state index in [-0.39, 0.29) is 11.2 Å². The summed E-state index contributed by atoms with van der Waals surface area (Å²) in [6.45, 7) is 4.10. The van der Waals surface area contributed by atoms with Crippen molar-refractivity contribution >= 4 is 23.7 Å². The summed E-state index contributed by atoms with van der Waals surface area (Å²) >= 11 is 1.49. The van der Waals surface area contributed by atoms with Gasteiger partial charge in [-0.15, -0.1) is 5.10 Å². The third-order valence-corrected chi connectivity index (χ3v) is 3.66. The molecule has 2 aromatic heterocycles. The fraction of sp³-hybridized carbons (Fsp3) is 0.583. The first-order valence-corrected chi connectivity index (χ1v) is 7.64. The topological polar surface area (TPSA) is 110 Å². The summed E-state index contributed by atoms with van der Waals surface area (Å²) in [7, 11) is 3.73. The van der Waals surface area contributed by atoms with Crippen LogP contribution in [0, 0.1) is 0 Å². The van der Waals surface area contributed by atoms with Crippen LogP contribution in [0.5, 0.6) is 0 Å². The third-order valence-electron chi connectivity index (χ3n) is 2.70. The molecule has 1 atom stereocenters. The molecule has 0 aliphatic rings.